The third kappa shape index (κ3) is 2.97. The van der Waals surface area contributed by atoms with Crippen LogP contribution in [0.1, 0.15) is 32.1 Å². The van der Waals surface area contributed by atoms with Crippen molar-refractivity contribution in [2.45, 2.75) is 37.6 Å². The number of hydrogen-bond donors (Lipinski definition) is 1. The molecule has 1 aliphatic heterocycles. The molecule has 5 nitrogen and oxygen atoms in total. The van der Waals surface area contributed by atoms with E-state index in [4.69, 9.17) is 4.74 Å². The zero-order chi connectivity index (χ0) is 15.6. The number of halogens is 1. The lowest BCUT2D eigenvalue weighted by Crippen LogP contribution is -2.48. The standard InChI is InChI=1S/C16H19BrN2O3/c17-12-4-6-13(7-5-12)22-11-10-19-14(20)16(18-15(19)21)8-2-1-3-9-16/h4-7H,1-3,8-11H2,(H,18,21). The van der Waals surface area contributed by atoms with Gasteiger partial charge in [0.05, 0.1) is 6.54 Å². The Labute approximate surface area is 138 Å². The van der Waals surface area contributed by atoms with Gasteiger partial charge in [-0.1, -0.05) is 35.2 Å². The lowest BCUT2D eigenvalue weighted by molar-refractivity contribution is -0.132. The van der Waals surface area contributed by atoms with Crippen molar-refractivity contribution in [1.29, 1.82) is 0 Å². The largest absolute Gasteiger partial charge is 0.492 e. The maximum absolute atomic E-state index is 12.6. The summed E-state index contributed by atoms with van der Waals surface area (Å²) in [6.07, 6.45) is 4.63. The molecule has 1 aromatic carbocycles. The Kier molecular flexibility index (Phi) is 4.38. The van der Waals surface area contributed by atoms with Crippen LogP contribution in [0.5, 0.6) is 5.75 Å². The minimum Gasteiger partial charge on any atom is -0.492 e. The van der Waals surface area contributed by atoms with Gasteiger partial charge in [-0.25, -0.2) is 4.79 Å². The molecule has 1 heterocycles. The lowest BCUT2D eigenvalue weighted by Gasteiger charge is -2.30. The summed E-state index contributed by atoms with van der Waals surface area (Å²) in [4.78, 5) is 25.9. The molecule has 1 N–H and O–H groups in total. The fourth-order valence-corrected chi connectivity index (χ4v) is 3.42. The van der Waals surface area contributed by atoms with Gasteiger partial charge in [0.1, 0.15) is 17.9 Å². The molecule has 0 bridgehead atoms. The zero-order valence-corrected chi connectivity index (χ0v) is 13.9. The van der Waals surface area contributed by atoms with Gasteiger partial charge in [0.25, 0.3) is 5.91 Å². The number of rotatable bonds is 4. The number of nitrogens with zero attached hydrogens (tertiary/aromatic N) is 1. The van der Waals surface area contributed by atoms with Crippen LogP contribution in [0.15, 0.2) is 28.7 Å². The number of amides is 3. The van der Waals surface area contributed by atoms with Gasteiger partial charge >= 0.3 is 6.03 Å². The third-order valence-corrected chi connectivity index (χ3v) is 4.88. The molecular formula is C16H19BrN2O3. The highest BCUT2D eigenvalue weighted by Gasteiger charge is 2.50. The number of hydrogen-bond acceptors (Lipinski definition) is 3. The number of nitrogens with one attached hydrogen (secondary N) is 1. The van der Waals surface area contributed by atoms with E-state index in [1.54, 1.807) is 0 Å². The number of urea groups is 1. The van der Waals surface area contributed by atoms with E-state index in [2.05, 4.69) is 21.2 Å². The maximum Gasteiger partial charge on any atom is 0.325 e. The molecule has 3 rings (SSSR count). The highest BCUT2D eigenvalue weighted by Crippen LogP contribution is 2.33. The van der Waals surface area contributed by atoms with E-state index in [0.29, 0.717) is 6.61 Å². The fourth-order valence-electron chi connectivity index (χ4n) is 3.16. The summed E-state index contributed by atoms with van der Waals surface area (Å²) in [7, 11) is 0. The van der Waals surface area contributed by atoms with Crippen LogP contribution in [0.4, 0.5) is 4.79 Å². The first kappa shape index (κ1) is 15.3. The highest BCUT2D eigenvalue weighted by atomic mass is 79.9. The Morgan fingerprint density at radius 2 is 1.82 bits per heavy atom. The van der Waals surface area contributed by atoms with Gasteiger partial charge in [-0.3, -0.25) is 9.69 Å². The van der Waals surface area contributed by atoms with Gasteiger partial charge in [-0.05, 0) is 37.1 Å². The van der Waals surface area contributed by atoms with Gasteiger partial charge < -0.3 is 10.1 Å². The molecule has 2 aliphatic rings. The third-order valence-electron chi connectivity index (χ3n) is 4.35. The molecule has 0 atom stereocenters. The van der Waals surface area contributed by atoms with Crippen LogP contribution in [0.3, 0.4) is 0 Å². The summed E-state index contributed by atoms with van der Waals surface area (Å²) in [6.45, 7) is 0.583. The van der Waals surface area contributed by atoms with E-state index in [1.807, 2.05) is 24.3 Å². The monoisotopic (exact) mass is 366 g/mol. The van der Waals surface area contributed by atoms with Crippen LogP contribution in [0, 0.1) is 0 Å². The Morgan fingerprint density at radius 3 is 2.50 bits per heavy atom. The smallest absolute Gasteiger partial charge is 0.325 e. The van der Waals surface area contributed by atoms with Crippen molar-refractivity contribution in [3.05, 3.63) is 28.7 Å². The summed E-state index contributed by atoms with van der Waals surface area (Å²) in [6, 6.07) is 7.18. The average Bonchev–Trinajstić information content (AvgIpc) is 2.74. The quantitative estimate of drug-likeness (QED) is 0.833. The second-order valence-corrected chi connectivity index (χ2v) is 6.75. The molecule has 1 aliphatic carbocycles. The zero-order valence-electron chi connectivity index (χ0n) is 12.3. The van der Waals surface area contributed by atoms with Crippen molar-refractivity contribution in [3.63, 3.8) is 0 Å². The molecule has 2 fully saturated rings. The van der Waals surface area contributed by atoms with Crippen molar-refractivity contribution in [3.8, 4) is 5.75 Å². The molecule has 1 saturated heterocycles. The van der Waals surface area contributed by atoms with E-state index in [0.717, 1.165) is 42.3 Å². The van der Waals surface area contributed by atoms with Gasteiger partial charge in [0.2, 0.25) is 0 Å². The first-order valence-electron chi connectivity index (χ1n) is 7.63. The summed E-state index contributed by atoms with van der Waals surface area (Å²) in [5.41, 5.74) is -0.646. The Morgan fingerprint density at radius 1 is 1.14 bits per heavy atom. The van der Waals surface area contributed by atoms with E-state index in [9.17, 15) is 9.59 Å². The Bertz CT molecular complexity index is 567. The summed E-state index contributed by atoms with van der Waals surface area (Å²) in [5, 5.41) is 2.90. The number of carbonyl (C=O) groups is 2. The molecular weight excluding hydrogens is 348 g/mol. The number of ether oxygens (including phenoxy) is 1. The molecule has 3 amide bonds. The molecule has 0 aromatic heterocycles. The molecule has 6 heteroatoms. The molecule has 0 radical (unpaired) electrons. The number of imide groups is 1. The maximum atomic E-state index is 12.6. The van der Waals surface area contributed by atoms with Crippen molar-refractivity contribution < 1.29 is 14.3 Å². The SMILES string of the molecule is O=C1NC2(CCCCC2)C(=O)N1CCOc1ccc(Br)cc1. The highest BCUT2D eigenvalue weighted by molar-refractivity contribution is 9.10. The molecule has 118 valence electrons. The van der Waals surface area contributed by atoms with Crippen molar-refractivity contribution in [2.75, 3.05) is 13.2 Å². The predicted molar refractivity (Wildman–Crippen MR) is 85.7 cm³/mol. The molecule has 1 saturated carbocycles. The molecule has 1 spiro atoms. The average molecular weight is 367 g/mol. The summed E-state index contributed by atoms with van der Waals surface area (Å²) in [5.74, 6) is 0.638. The predicted octanol–water partition coefficient (Wildman–Crippen LogP) is 3.08. The normalized spacial score (nSPS) is 20.3. The second kappa shape index (κ2) is 6.28. The van der Waals surface area contributed by atoms with Crippen LogP contribution >= 0.6 is 15.9 Å². The van der Waals surface area contributed by atoms with Crippen molar-refractivity contribution in [1.82, 2.24) is 10.2 Å². The Balaban J connectivity index is 1.57. The second-order valence-electron chi connectivity index (χ2n) is 5.83. The van der Waals surface area contributed by atoms with Crippen LogP contribution in [0.25, 0.3) is 0 Å². The van der Waals surface area contributed by atoms with Gasteiger partial charge in [-0.15, -0.1) is 0 Å². The van der Waals surface area contributed by atoms with Crippen molar-refractivity contribution in [2.24, 2.45) is 0 Å². The molecule has 22 heavy (non-hydrogen) atoms. The van der Waals surface area contributed by atoms with Gasteiger partial charge in [0, 0.05) is 4.47 Å². The fraction of sp³-hybridized carbons (Fsp3) is 0.500. The van der Waals surface area contributed by atoms with E-state index in [1.165, 1.54) is 4.90 Å². The number of benzene rings is 1. The van der Waals surface area contributed by atoms with Crippen LogP contribution < -0.4 is 10.1 Å². The van der Waals surface area contributed by atoms with E-state index < -0.39 is 5.54 Å². The molecule has 1 aromatic rings. The lowest BCUT2D eigenvalue weighted by atomic mass is 9.82. The summed E-state index contributed by atoms with van der Waals surface area (Å²) >= 11 is 3.36. The van der Waals surface area contributed by atoms with Crippen LogP contribution in [-0.4, -0.2) is 35.5 Å². The topological polar surface area (TPSA) is 58.6 Å². The number of carbonyl (C=O) groups excluding carboxylic acids is 2. The van der Waals surface area contributed by atoms with Gasteiger partial charge in [-0.2, -0.15) is 0 Å². The van der Waals surface area contributed by atoms with E-state index in [-0.39, 0.29) is 18.5 Å². The first-order chi connectivity index (χ1) is 10.6. The van der Waals surface area contributed by atoms with E-state index >= 15 is 0 Å². The minimum atomic E-state index is -0.646. The summed E-state index contributed by atoms with van der Waals surface area (Å²) < 4.78 is 6.58. The first-order valence-corrected chi connectivity index (χ1v) is 8.42. The van der Waals surface area contributed by atoms with Crippen molar-refractivity contribution >= 4 is 27.9 Å². The van der Waals surface area contributed by atoms with Crippen LogP contribution in [0.2, 0.25) is 0 Å². The Hall–Kier alpha value is -1.56. The molecule has 0 unspecified atom stereocenters. The van der Waals surface area contributed by atoms with Gasteiger partial charge in [0.15, 0.2) is 0 Å². The van der Waals surface area contributed by atoms with Crippen LogP contribution in [-0.2, 0) is 4.79 Å². The minimum absolute atomic E-state index is 0.0865.